The number of aryl methyl sites for hydroxylation is 2. The van der Waals surface area contributed by atoms with E-state index in [1.807, 2.05) is 26.8 Å². The van der Waals surface area contributed by atoms with Gasteiger partial charge in [-0.3, -0.25) is 4.79 Å². The van der Waals surface area contributed by atoms with Gasteiger partial charge in [-0.15, -0.1) is 5.10 Å². The Kier molecular flexibility index (Phi) is 4.64. The Morgan fingerprint density at radius 2 is 1.86 bits per heavy atom. The van der Waals surface area contributed by atoms with E-state index in [0.29, 0.717) is 22.2 Å². The lowest BCUT2D eigenvalue weighted by Gasteiger charge is -2.28. The zero-order valence-corrected chi connectivity index (χ0v) is 16.9. The molecule has 1 aliphatic rings. The number of carbonyl (C=O) groups is 1. The lowest BCUT2D eigenvalue weighted by molar-refractivity contribution is 0.0774. The fourth-order valence-corrected chi connectivity index (χ4v) is 3.55. The maximum Gasteiger partial charge on any atom is 0.259 e. The van der Waals surface area contributed by atoms with Gasteiger partial charge in [0.05, 0.1) is 27.3 Å². The van der Waals surface area contributed by atoms with E-state index in [9.17, 15) is 4.79 Å². The lowest BCUT2D eigenvalue weighted by atomic mass is 10.1. The molecular formula is C19H16Cl2N6O. The van der Waals surface area contributed by atoms with Gasteiger partial charge >= 0.3 is 0 Å². The van der Waals surface area contributed by atoms with Gasteiger partial charge in [-0.1, -0.05) is 34.5 Å². The van der Waals surface area contributed by atoms with Crippen LogP contribution < -0.4 is 0 Å². The second kappa shape index (κ2) is 7.00. The third-order valence-electron chi connectivity index (χ3n) is 4.51. The van der Waals surface area contributed by atoms with Gasteiger partial charge in [-0.2, -0.15) is 4.68 Å². The Morgan fingerprint density at radius 1 is 1.14 bits per heavy atom. The summed E-state index contributed by atoms with van der Waals surface area (Å²) in [5.74, 6) is 0.180. The van der Waals surface area contributed by atoms with E-state index in [0.717, 1.165) is 17.1 Å². The first-order chi connectivity index (χ1) is 13.4. The molecule has 28 heavy (non-hydrogen) atoms. The van der Waals surface area contributed by atoms with E-state index < -0.39 is 0 Å². The maximum atomic E-state index is 13.0. The van der Waals surface area contributed by atoms with Crippen LogP contribution in [0.3, 0.4) is 0 Å². The Hall–Kier alpha value is -2.77. The SMILES string of the molecule is Cc1cc(C)nc(-n2nnc3c2C=CN(C(=O)c2cccc(Cl)c2Cl)C3C)n1. The van der Waals surface area contributed by atoms with Crippen LogP contribution in [0.5, 0.6) is 0 Å². The largest absolute Gasteiger partial charge is 0.306 e. The van der Waals surface area contributed by atoms with Gasteiger partial charge in [-0.25, -0.2) is 9.97 Å². The topological polar surface area (TPSA) is 76.8 Å². The molecule has 1 unspecified atom stereocenters. The smallest absolute Gasteiger partial charge is 0.259 e. The number of rotatable bonds is 2. The van der Waals surface area contributed by atoms with E-state index in [1.54, 1.807) is 40.1 Å². The minimum atomic E-state index is -0.345. The predicted octanol–water partition coefficient (Wildman–Crippen LogP) is 4.17. The molecule has 4 rings (SSSR count). The van der Waals surface area contributed by atoms with E-state index >= 15 is 0 Å². The molecule has 142 valence electrons. The molecule has 1 aliphatic heterocycles. The fourth-order valence-electron chi connectivity index (χ4n) is 3.17. The molecule has 0 saturated carbocycles. The number of nitrogens with zero attached hydrogens (tertiary/aromatic N) is 6. The van der Waals surface area contributed by atoms with Crippen molar-refractivity contribution in [1.29, 1.82) is 0 Å². The molecule has 2 aromatic heterocycles. The average Bonchev–Trinajstić information content (AvgIpc) is 3.08. The van der Waals surface area contributed by atoms with Crippen molar-refractivity contribution < 1.29 is 4.79 Å². The monoisotopic (exact) mass is 414 g/mol. The highest BCUT2D eigenvalue weighted by atomic mass is 35.5. The second-order valence-corrected chi connectivity index (χ2v) is 7.31. The van der Waals surface area contributed by atoms with E-state index in [4.69, 9.17) is 23.2 Å². The molecule has 0 spiro atoms. The number of halogens is 2. The number of fused-ring (bicyclic) bond motifs is 1. The quantitative estimate of drug-likeness (QED) is 0.628. The predicted molar refractivity (Wildman–Crippen MR) is 107 cm³/mol. The highest BCUT2D eigenvalue weighted by molar-refractivity contribution is 6.43. The van der Waals surface area contributed by atoms with Gasteiger partial charge in [0.15, 0.2) is 0 Å². The van der Waals surface area contributed by atoms with Crippen molar-refractivity contribution in [2.24, 2.45) is 0 Å². The number of hydrogen-bond acceptors (Lipinski definition) is 5. The minimum absolute atomic E-state index is 0.229. The summed E-state index contributed by atoms with van der Waals surface area (Å²) in [6.45, 7) is 5.67. The van der Waals surface area contributed by atoms with Gasteiger partial charge in [0.25, 0.3) is 11.9 Å². The molecule has 0 fully saturated rings. The summed E-state index contributed by atoms with van der Waals surface area (Å²) in [7, 11) is 0. The molecule has 0 N–H and O–H groups in total. The van der Waals surface area contributed by atoms with Crippen LogP contribution in [0.25, 0.3) is 12.0 Å². The van der Waals surface area contributed by atoms with Crippen molar-refractivity contribution >= 4 is 35.2 Å². The molecule has 0 radical (unpaired) electrons. The summed E-state index contributed by atoms with van der Waals surface area (Å²) < 4.78 is 1.58. The lowest BCUT2D eigenvalue weighted by Crippen LogP contribution is -2.31. The molecule has 0 bridgehead atoms. The summed E-state index contributed by atoms with van der Waals surface area (Å²) >= 11 is 12.3. The summed E-state index contributed by atoms with van der Waals surface area (Å²) in [6, 6.07) is 6.53. The van der Waals surface area contributed by atoms with Crippen molar-refractivity contribution in [3.05, 3.63) is 68.8 Å². The third-order valence-corrected chi connectivity index (χ3v) is 5.33. The van der Waals surface area contributed by atoms with Crippen LogP contribution in [0, 0.1) is 13.8 Å². The number of aromatic nitrogens is 5. The van der Waals surface area contributed by atoms with Gasteiger partial charge in [0.2, 0.25) is 0 Å². The van der Waals surface area contributed by atoms with Crippen LogP contribution in [0.1, 0.15) is 46.1 Å². The maximum absolute atomic E-state index is 13.0. The standard InChI is InChI=1S/C19H16Cl2N6O/c1-10-9-11(2)23-19(22-10)27-15-7-8-26(12(3)17(15)24-25-27)18(28)13-5-4-6-14(20)16(13)21/h4-9,12H,1-3H3. The molecule has 1 amide bonds. The van der Waals surface area contributed by atoms with Gasteiger partial charge in [-0.05, 0) is 45.0 Å². The molecule has 1 aromatic carbocycles. The van der Waals surface area contributed by atoms with Gasteiger partial charge in [0.1, 0.15) is 5.69 Å². The number of carbonyl (C=O) groups excluding carboxylic acids is 1. The molecule has 3 heterocycles. The average molecular weight is 415 g/mol. The Labute approximate surface area is 171 Å². The van der Waals surface area contributed by atoms with Crippen LogP contribution in [0.2, 0.25) is 10.0 Å². The van der Waals surface area contributed by atoms with Crippen LogP contribution >= 0.6 is 23.2 Å². The Morgan fingerprint density at radius 3 is 2.57 bits per heavy atom. The number of hydrogen-bond donors (Lipinski definition) is 0. The summed E-state index contributed by atoms with van der Waals surface area (Å²) in [5, 5.41) is 9.04. The van der Waals surface area contributed by atoms with E-state index in [1.165, 1.54) is 0 Å². The van der Waals surface area contributed by atoms with Crippen molar-refractivity contribution in [1.82, 2.24) is 29.9 Å². The minimum Gasteiger partial charge on any atom is -0.306 e. The van der Waals surface area contributed by atoms with Crippen molar-refractivity contribution in [2.75, 3.05) is 0 Å². The van der Waals surface area contributed by atoms with Crippen LogP contribution in [-0.2, 0) is 0 Å². The molecule has 9 heteroatoms. The summed E-state index contributed by atoms with van der Waals surface area (Å²) in [5.41, 5.74) is 3.40. The number of benzene rings is 1. The third kappa shape index (κ3) is 3.06. The Bertz CT molecular complexity index is 1100. The van der Waals surface area contributed by atoms with E-state index in [-0.39, 0.29) is 17.0 Å². The van der Waals surface area contributed by atoms with E-state index in [2.05, 4.69) is 20.3 Å². The summed E-state index contributed by atoms with van der Waals surface area (Å²) in [6.07, 6.45) is 3.46. The molecule has 3 aromatic rings. The van der Waals surface area contributed by atoms with Crippen molar-refractivity contribution in [3.8, 4) is 5.95 Å². The molecule has 0 saturated heterocycles. The zero-order valence-electron chi connectivity index (χ0n) is 15.4. The molecular weight excluding hydrogens is 399 g/mol. The first kappa shape index (κ1) is 18.6. The first-order valence-electron chi connectivity index (χ1n) is 8.60. The van der Waals surface area contributed by atoms with Crippen LogP contribution in [0.4, 0.5) is 0 Å². The fraction of sp³-hybridized carbons (Fsp3) is 0.211. The highest BCUT2D eigenvalue weighted by Gasteiger charge is 2.31. The second-order valence-electron chi connectivity index (χ2n) is 6.53. The zero-order chi connectivity index (χ0) is 20.0. The normalized spacial score (nSPS) is 15.6. The summed E-state index contributed by atoms with van der Waals surface area (Å²) in [4.78, 5) is 23.4. The number of amides is 1. The van der Waals surface area contributed by atoms with Crippen molar-refractivity contribution in [3.63, 3.8) is 0 Å². The Balaban J connectivity index is 1.72. The first-order valence-corrected chi connectivity index (χ1v) is 9.35. The van der Waals surface area contributed by atoms with Crippen LogP contribution in [0.15, 0.2) is 30.5 Å². The van der Waals surface area contributed by atoms with Crippen LogP contribution in [-0.4, -0.2) is 35.8 Å². The van der Waals surface area contributed by atoms with Crippen molar-refractivity contribution in [2.45, 2.75) is 26.8 Å². The highest BCUT2D eigenvalue weighted by Crippen LogP contribution is 2.33. The molecule has 0 aliphatic carbocycles. The van der Waals surface area contributed by atoms with Gasteiger partial charge < -0.3 is 4.90 Å². The van der Waals surface area contributed by atoms with Gasteiger partial charge in [0, 0.05) is 17.6 Å². The molecule has 1 atom stereocenters. The molecule has 7 nitrogen and oxygen atoms in total.